The summed E-state index contributed by atoms with van der Waals surface area (Å²) in [6.07, 6.45) is -4.54. The van der Waals surface area contributed by atoms with Crippen molar-refractivity contribution in [2.75, 3.05) is 7.11 Å². The summed E-state index contributed by atoms with van der Waals surface area (Å²) < 4.78 is 47.6. The number of hydrogen-bond donors (Lipinski definition) is 0. The number of esters is 1. The van der Waals surface area contributed by atoms with Crippen LogP contribution in [0.5, 0.6) is 11.5 Å². The molecule has 0 atom stereocenters. The monoisotopic (exact) mass is 341 g/mol. The fraction of sp³-hybridized carbons (Fsp3) is 0.133. The van der Waals surface area contributed by atoms with Crippen LogP contribution < -0.4 is 4.74 Å². The molecule has 0 aromatic heterocycles. The predicted molar refractivity (Wildman–Crippen MR) is 76.0 cm³/mol. The van der Waals surface area contributed by atoms with Gasteiger partial charge in [-0.15, -0.1) is 0 Å². The normalized spacial score (nSPS) is 11.0. The van der Waals surface area contributed by atoms with Crippen molar-refractivity contribution in [2.24, 2.45) is 0 Å². The molecule has 0 unspecified atom stereocenters. The number of alkyl halides is 3. The second-order valence-corrected chi connectivity index (χ2v) is 4.56. The van der Waals surface area contributed by atoms with Gasteiger partial charge in [0.15, 0.2) is 0 Å². The Balaban J connectivity index is 2.36. The van der Waals surface area contributed by atoms with Gasteiger partial charge in [0.1, 0.15) is 17.1 Å². The number of halogens is 3. The Morgan fingerprint density at radius 3 is 2.38 bits per heavy atom. The first-order valence-electron chi connectivity index (χ1n) is 6.44. The van der Waals surface area contributed by atoms with Crippen molar-refractivity contribution >= 4 is 11.7 Å². The Hall–Kier alpha value is -3.10. The molecular formula is C15H10F3NO5. The molecule has 0 N–H and O–H groups in total. The molecule has 0 saturated carbocycles. The number of nitro groups is 1. The first-order valence-corrected chi connectivity index (χ1v) is 6.44. The van der Waals surface area contributed by atoms with Gasteiger partial charge in [0, 0.05) is 0 Å². The molecule has 2 aromatic carbocycles. The van der Waals surface area contributed by atoms with Crippen molar-refractivity contribution in [2.45, 2.75) is 6.18 Å². The number of benzene rings is 2. The van der Waals surface area contributed by atoms with E-state index in [1.807, 2.05) is 0 Å². The third kappa shape index (κ3) is 3.80. The van der Waals surface area contributed by atoms with E-state index in [-0.39, 0.29) is 17.1 Å². The van der Waals surface area contributed by atoms with Gasteiger partial charge >= 0.3 is 12.1 Å². The molecular weight excluding hydrogens is 331 g/mol. The second kappa shape index (κ2) is 6.57. The number of nitrogens with zero attached hydrogens (tertiary/aromatic N) is 1. The molecule has 0 aliphatic carbocycles. The standard InChI is InChI=1S/C15H10F3NO5/c1-23-14(20)12-6-5-11(8-13(12)19(21)22)24-10-4-2-3-9(7-10)15(16,17)18/h2-8H,1H3. The fourth-order valence-electron chi connectivity index (χ4n) is 1.88. The topological polar surface area (TPSA) is 78.7 Å². The zero-order chi connectivity index (χ0) is 17.9. The van der Waals surface area contributed by atoms with E-state index in [0.29, 0.717) is 0 Å². The number of rotatable bonds is 4. The van der Waals surface area contributed by atoms with Crippen LogP contribution in [-0.4, -0.2) is 18.0 Å². The second-order valence-electron chi connectivity index (χ2n) is 4.56. The van der Waals surface area contributed by atoms with Gasteiger partial charge in [-0.05, 0) is 30.3 Å². The molecule has 126 valence electrons. The lowest BCUT2D eigenvalue weighted by molar-refractivity contribution is -0.385. The van der Waals surface area contributed by atoms with Gasteiger partial charge in [-0.25, -0.2) is 4.79 Å². The average molecular weight is 341 g/mol. The molecule has 0 aliphatic rings. The number of methoxy groups -OCH3 is 1. The zero-order valence-electron chi connectivity index (χ0n) is 12.2. The van der Waals surface area contributed by atoms with Crippen LogP contribution in [0, 0.1) is 10.1 Å². The van der Waals surface area contributed by atoms with Gasteiger partial charge in [-0.3, -0.25) is 10.1 Å². The van der Waals surface area contributed by atoms with Gasteiger partial charge in [-0.2, -0.15) is 13.2 Å². The lowest BCUT2D eigenvalue weighted by Gasteiger charge is -2.10. The molecule has 24 heavy (non-hydrogen) atoms. The van der Waals surface area contributed by atoms with Crippen LogP contribution in [-0.2, 0) is 10.9 Å². The smallest absolute Gasteiger partial charge is 0.416 e. The lowest BCUT2D eigenvalue weighted by Crippen LogP contribution is -2.06. The number of carbonyl (C=O) groups excluding carboxylic acids is 1. The third-order valence-electron chi connectivity index (χ3n) is 2.97. The molecule has 0 spiro atoms. The van der Waals surface area contributed by atoms with Crippen LogP contribution in [0.15, 0.2) is 42.5 Å². The van der Waals surface area contributed by atoms with Gasteiger partial charge in [-0.1, -0.05) is 6.07 Å². The maximum absolute atomic E-state index is 12.7. The lowest BCUT2D eigenvalue weighted by atomic mass is 10.1. The Labute approximate surface area is 133 Å². The van der Waals surface area contributed by atoms with Crippen molar-refractivity contribution in [1.82, 2.24) is 0 Å². The highest BCUT2D eigenvalue weighted by Gasteiger charge is 2.30. The van der Waals surface area contributed by atoms with E-state index in [1.165, 1.54) is 12.1 Å². The molecule has 0 heterocycles. The predicted octanol–water partition coefficient (Wildman–Crippen LogP) is 4.19. The molecule has 0 amide bonds. The Morgan fingerprint density at radius 1 is 1.12 bits per heavy atom. The molecule has 0 fully saturated rings. The Bertz CT molecular complexity index is 789. The molecule has 2 rings (SSSR count). The van der Waals surface area contributed by atoms with Crippen LogP contribution in [0.2, 0.25) is 0 Å². The van der Waals surface area contributed by atoms with Gasteiger partial charge in [0.05, 0.1) is 23.7 Å². The van der Waals surface area contributed by atoms with Crippen molar-refractivity contribution in [3.63, 3.8) is 0 Å². The highest BCUT2D eigenvalue weighted by atomic mass is 19.4. The van der Waals surface area contributed by atoms with E-state index in [9.17, 15) is 28.1 Å². The third-order valence-corrected chi connectivity index (χ3v) is 2.97. The number of hydrogen-bond acceptors (Lipinski definition) is 5. The Morgan fingerprint density at radius 2 is 1.79 bits per heavy atom. The highest BCUT2D eigenvalue weighted by molar-refractivity contribution is 5.94. The summed E-state index contributed by atoms with van der Waals surface area (Å²) in [6, 6.07) is 7.32. The first kappa shape index (κ1) is 17.3. The maximum Gasteiger partial charge on any atom is 0.416 e. The van der Waals surface area contributed by atoms with E-state index in [1.54, 1.807) is 0 Å². The molecule has 0 saturated heterocycles. The number of nitro benzene ring substituents is 1. The van der Waals surface area contributed by atoms with Crippen molar-refractivity contribution in [3.05, 3.63) is 63.7 Å². The Kier molecular flexibility index (Phi) is 4.72. The van der Waals surface area contributed by atoms with Crippen molar-refractivity contribution in [1.29, 1.82) is 0 Å². The number of carbonyl (C=O) groups is 1. The summed E-state index contributed by atoms with van der Waals surface area (Å²) in [6.45, 7) is 0. The van der Waals surface area contributed by atoms with E-state index >= 15 is 0 Å². The summed E-state index contributed by atoms with van der Waals surface area (Å²) in [7, 11) is 1.07. The summed E-state index contributed by atoms with van der Waals surface area (Å²) in [4.78, 5) is 21.7. The van der Waals surface area contributed by atoms with Crippen molar-refractivity contribution in [3.8, 4) is 11.5 Å². The van der Waals surface area contributed by atoms with E-state index in [4.69, 9.17) is 4.74 Å². The summed E-state index contributed by atoms with van der Waals surface area (Å²) in [5.41, 5.74) is -1.79. The van der Waals surface area contributed by atoms with Gasteiger partial charge in [0.25, 0.3) is 5.69 Å². The maximum atomic E-state index is 12.7. The van der Waals surface area contributed by atoms with Crippen LogP contribution in [0.4, 0.5) is 18.9 Å². The van der Waals surface area contributed by atoms with Crippen LogP contribution in [0.1, 0.15) is 15.9 Å². The highest BCUT2D eigenvalue weighted by Crippen LogP contribution is 2.34. The molecule has 6 nitrogen and oxygen atoms in total. The minimum atomic E-state index is -4.54. The largest absolute Gasteiger partial charge is 0.465 e. The van der Waals surface area contributed by atoms with E-state index in [0.717, 1.165) is 37.4 Å². The summed E-state index contributed by atoms with van der Waals surface area (Å²) in [5.74, 6) is -1.15. The zero-order valence-corrected chi connectivity index (χ0v) is 12.2. The van der Waals surface area contributed by atoms with Crippen LogP contribution in [0.3, 0.4) is 0 Å². The molecule has 0 radical (unpaired) electrons. The molecule has 9 heteroatoms. The molecule has 2 aromatic rings. The van der Waals surface area contributed by atoms with Crippen LogP contribution in [0.25, 0.3) is 0 Å². The minimum absolute atomic E-state index is 0.0892. The SMILES string of the molecule is COC(=O)c1ccc(Oc2cccc(C(F)(F)F)c2)cc1[N+](=O)[O-]. The summed E-state index contributed by atoms with van der Waals surface area (Å²) in [5, 5.41) is 11.0. The minimum Gasteiger partial charge on any atom is -0.465 e. The van der Waals surface area contributed by atoms with Gasteiger partial charge in [0.2, 0.25) is 0 Å². The molecule has 0 bridgehead atoms. The van der Waals surface area contributed by atoms with Crippen LogP contribution >= 0.6 is 0 Å². The number of ether oxygens (including phenoxy) is 2. The molecule has 0 aliphatic heterocycles. The quantitative estimate of drug-likeness (QED) is 0.473. The van der Waals surface area contributed by atoms with E-state index < -0.39 is 28.3 Å². The first-order chi connectivity index (χ1) is 11.2. The van der Waals surface area contributed by atoms with Crippen molar-refractivity contribution < 1.29 is 32.4 Å². The average Bonchev–Trinajstić information content (AvgIpc) is 2.53. The van der Waals surface area contributed by atoms with E-state index in [2.05, 4.69) is 4.74 Å². The summed E-state index contributed by atoms with van der Waals surface area (Å²) >= 11 is 0. The fourth-order valence-corrected chi connectivity index (χ4v) is 1.88. The van der Waals surface area contributed by atoms with Gasteiger partial charge < -0.3 is 9.47 Å².